The smallest absolute Gasteiger partial charge is 0.270 e. The maximum absolute atomic E-state index is 12.2. The lowest BCUT2D eigenvalue weighted by Crippen LogP contribution is -2.38. The topological polar surface area (TPSA) is 84.7 Å². The Balaban J connectivity index is 2.35. The lowest BCUT2D eigenvalue weighted by Gasteiger charge is -2.30. The van der Waals surface area contributed by atoms with Crippen LogP contribution in [0.2, 0.25) is 0 Å². The molecular weight excluding hydrogens is 274 g/mol. The molecule has 1 aliphatic rings. The number of carbonyl (C=O) groups is 1. The summed E-state index contributed by atoms with van der Waals surface area (Å²) in [6, 6.07) is 4.34. The summed E-state index contributed by atoms with van der Waals surface area (Å²) >= 11 is 0. The molecular formula is C14H17N3O4. The minimum absolute atomic E-state index is 0.101. The van der Waals surface area contributed by atoms with Crippen LogP contribution < -0.4 is 10.2 Å². The molecule has 2 rings (SSSR count). The van der Waals surface area contributed by atoms with Crippen molar-refractivity contribution in [2.24, 2.45) is 0 Å². The molecule has 112 valence electrons. The number of nitro benzene ring substituents is 1. The van der Waals surface area contributed by atoms with Crippen molar-refractivity contribution in [1.29, 1.82) is 0 Å². The van der Waals surface area contributed by atoms with E-state index in [1.807, 2.05) is 4.90 Å². The number of hydrogen-bond acceptors (Lipinski definition) is 5. The fourth-order valence-corrected chi connectivity index (χ4v) is 2.16. The van der Waals surface area contributed by atoms with Gasteiger partial charge in [-0.25, -0.2) is 0 Å². The molecule has 1 aromatic carbocycles. The molecule has 0 spiro atoms. The van der Waals surface area contributed by atoms with Crippen LogP contribution in [0.15, 0.2) is 30.9 Å². The molecule has 1 heterocycles. The van der Waals surface area contributed by atoms with Gasteiger partial charge < -0.3 is 15.0 Å². The quantitative estimate of drug-likeness (QED) is 0.503. The molecule has 0 aliphatic carbocycles. The Hall–Kier alpha value is -2.41. The third-order valence-corrected chi connectivity index (χ3v) is 3.19. The molecule has 1 aliphatic heterocycles. The van der Waals surface area contributed by atoms with Crippen LogP contribution in [0.3, 0.4) is 0 Å². The zero-order valence-corrected chi connectivity index (χ0v) is 11.6. The van der Waals surface area contributed by atoms with Gasteiger partial charge in [-0.1, -0.05) is 6.08 Å². The van der Waals surface area contributed by atoms with Crippen LogP contribution in [0.5, 0.6) is 0 Å². The Bertz CT molecular complexity index is 553. The fourth-order valence-electron chi connectivity index (χ4n) is 2.16. The van der Waals surface area contributed by atoms with Crippen LogP contribution in [0.1, 0.15) is 10.4 Å². The first kappa shape index (κ1) is 15.0. The van der Waals surface area contributed by atoms with Crippen LogP contribution >= 0.6 is 0 Å². The van der Waals surface area contributed by atoms with Crippen molar-refractivity contribution in [3.8, 4) is 0 Å². The van der Waals surface area contributed by atoms with E-state index in [9.17, 15) is 14.9 Å². The number of nitrogens with one attached hydrogen (secondary N) is 1. The van der Waals surface area contributed by atoms with Gasteiger partial charge in [0.25, 0.3) is 11.6 Å². The number of anilines is 1. The highest BCUT2D eigenvalue weighted by Crippen LogP contribution is 2.26. The van der Waals surface area contributed by atoms with E-state index < -0.39 is 4.92 Å². The lowest BCUT2D eigenvalue weighted by molar-refractivity contribution is -0.384. The number of hydrogen-bond donors (Lipinski definition) is 1. The van der Waals surface area contributed by atoms with E-state index in [4.69, 9.17) is 4.74 Å². The number of carbonyl (C=O) groups excluding carboxylic acids is 1. The Morgan fingerprint density at radius 3 is 2.81 bits per heavy atom. The van der Waals surface area contributed by atoms with Crippen molar-refractivity contribution in [2.45, 2.75) is 0 Å². The van der Waals surface area contributed by atoms with E-state index in [1.165, 1.54) is 12.1 Å². The van der Waals surface area contributed by atoms with E-state index in [0.29, 0.717) is 44.1 Å². The first-order valence-electron chi connectivity index (χ1n) is 6.63. The van der Waals surface area contributed by atoms with Crippen molar-refractivity contribution in [3.05, 3.63) is 46.5 Å². The maximum atomic E-state index is 12.2. The summed E-state index contributed by atoms with van der Waals surface area (Å²) in [5, 5.41) is 13.6. The van der Waals surface area contributed by atoms with E-state index in [2.05, 4.69) is 11.9 Å². The summed E-state index contributed by atoms with van der Waals surface area (Å²) in [5.74, 6) is -0.347. The summed E-state index contributed by atoms with van der Waals surface area (Å²) in [6.07, 6.45) is 1.56. The minimum Gasteiger partial charge on any atom is -0.378 e. The zero-order chi connectivity index (χ0) is 15.2. The lowest BCUT2D eigenvalue weighted by atomic mass is 10.1. The SMILES string of the molecule is C=CCNC(=O)c1cc([N+](=O)[O-])ccc1N1CCOCC1. The van der Waals surface area contributed by atoms with Gasteiger partial charge in [-0.2, -0.15) is 0 Å². The van der Waals surface area contributed by atoms with Crippen molar-refractivity contribution >= 4 is 17.3 Å². The van der Waals surface area contributed by atoms with Crippen LogP contribution in [0, 0.1) is 10.1 Å². The maximum Gasteiger partial charge on any atom is 0.270 e. The van der Waals surface area contributed by atoms with E-state index in [0.717, 1.165) is 0 Å². The highest BCUT2D eigenvalue weighted by Gasteiger charge is 2.21. The molecule has 1 N–H and O–H groups in total. The molecule has 0 aromatic heterocycles. The van der Waals surface area contributed by atoms with Crippen molar-refractivity contribution in [3.63, 3.8) is 0 Å². The molecule has 1 saturated heterocycles. The number of benzene rings is 1. The van der Waals surface area contributed by atoms with Gasteiger partial charge in [0.2, 0.25) is 0 Å². The Morgan fingerprint density at radius 2 is 2.19 bits per heavy atom. The number of nitro groups is 1. The third-order valence-electron chi connectivity index (χ3n) is 3.19. The number of nitrogens with zero attached hydrogens (tertiary/aromatic N) is 2. The predicted molar refractivity (Wildman–Crippen MR) is 78.7 cm³/mol. The molecule has 1 amide bonds. The average Bonchev–Trinajstić information content (AvgIpc) is 2.52. The molecule has 0 saturated carbocycles. The standard InChI is InChI=1S/C14H17N3O4/c1-2-5-15-14(18)12-10-11(17(19)20)3-4-13(12)16-6-8-21-9-7-16/h2-4,10H,1,5-9H2,(H,15,18). The summed E-state index contributed by atoms with van der Waals surface area (Å²) in [6.45, 7) is 6.30. The molecule has 0 atom stereocenters. The molecule has 1 fully saturated rings. The second-order valence-corrected chi connectivity index (χ2v) is 4.56. The van der Waals surface area contributed by atoms with Crippen molar-refractivity contribution < 1.29 is 14.5 Å². The third kappa shape index (κ3) is 3.57. The first-order valence-corrected chi connectivity index (χ1v) is 6.63. The molecule has 1 aromatic rings. The summed E-state index contributed by atoms with van der Waals surface area (Å²) < 4.78 is 5.28. The van der Waals surface area contributed by atoms with Crippen molar-refractivity contribution in [1.82, 2.24) is 5.32 Å². The van der Waals surface area contributed by atoms with Crippen LogP contribution in [-0.4, -0.2) is 43.7 Å². The Labute approximate surface area is 122 Å². The molecule has 7 heteroatoms. The van der Waals surface area contributed by atoms with Crippen LogP contribution in [-0.2, 0) is 4.74 Å². The molecule has 0 unspecified atom stereocenters. The monoisotopic (exact) mass is 291 g/mol. The first-order chi connectivity index (χ1) is 10.1. The molecule has 7 nitrogen and oxygen atoms in total. The van der Waals surface area contributed by atoms with Gasteiger partial charge in [-0.3, -0.25) is 14.9 Å². The van der Waals surface area contributed by atoms with E-state index >= 15 is 0 Å². The van der Waals surface area contributed by atoms with E-state index in [1.54, 1.807) is 12.1 Å². The van der Waals surface area contributed by atoms with Gasteiger partial charge in [0.1, 0.15) is 0 Å². The largest absolute Gasteiger partial charge is 0.378 e. The number of amides is 1. The number of rotatable bonds is 5. The zero-order valence-electron chi connectivity index (χ0n) is 11.6. The summed E-state index contributed by atoms with van der Waals surface area (Å²) in [4.78, 5) is 24.6. The highest BCUT2D eigenvalue weighted by molar-refractivity contribution is 6.00. The van der Waals surface area contributed by atoms with Gasteiger partial charge in [0, 0.05) is 31.8 Å². The van der Waals surface area contributed by atoms with Gasteiger partial charge in [-0.15, -0.1) is 6.58 Å². The van der Waals surface area contributed by atoms with Crippen LogP contribution in [0.25, 0.3) is 0 Å². The Morgan fingerprint density at radius 1 is 1.48 bits per heavy atom. The number of non-ortho nitro benzene ring substituents is 1. The Kier molecular flexibility index (Phi) is 4.89. The summed E-state index contributed by atoms with van der Waals surface area (Å²) in [5.41, 5.74) is 0.883. The van der Waals surface area contributed by atoms with Gasteiger partial charge >= 0.3 is 0 Å². The molecule has 0 radical (unpaired) electrons. The number of morpholine rings is 1. The summed E-state index contributed by atoms with van der Waals surface area (Å²) in [7, 11) is 0. The average molecular weight is 291 g/mol. The molecule has 21 heavy (non-hydrogen) atoms. The van der Waals surface area contributed by atoms with Gasteiger partial charge in [-0.05, 0) is 6.07 Å². The number of ether oxygens (including phenoxy) is 1. The minimum atomic E-state index is -0.507. The second-order valence-electron chi connectivity index (χ2n) is 4.56. The van der Waals surface area contributed by atoms with Crippen molar-refractivity contribution in [2.75, 3.05) is 37.7 Å². The fraction of sp³-hybridized carbons (Fsp3) is 0.357. The van der Waals surface area contributed by atoms with E-state index in [-0.39, 0.29) is 11.6 Å². The predicted octanol–water partition coefficient (Wildman–Crippen LogP) is 1.35. The van der Waals surface area contributed by atoms with Gasteiger partial charge in [0.15, 0.2) is 0 Å². The highest BCUT2D eigenvalue weighted by atomic mass is 16.6. The van der Waals surface area contributed by atoms with Gasteiger partial charge in [0.05, 0.1) is 29.4 Å². The normalized spacial score (nSPS) is 14.6. The van der Waals surface area contributed by atoms with Crippen LogP contribution in [0.4, 0.5) is 11.4 Å². The second kappa shape index (κ2) is 6.85. The molecule has 0 bridgehead atoms.